The first kappa shape index (κ1) is 19.5. The second kappa shape index (κ2) is 7.80. The van der Waals surface area contributed by atoms with Crippen molar-refractivity contribution in [2.45, 2.75) is 18.3 Å². The van der Waals surface area contributed by atoms with Crippen molar-refractivity contribution in [3.8, 4) is 0 Å². The summed E-state index contributed by atoms with van der Waals surface area (Å²) >= 11 is 1.34. The molecule has 0 aromatic heterocycles. The van der Waals surface area contributed by atoms with Gasteiger partial charge in [0, 0.05) is 36.6 Å². The number of carboxylic acids is 1. The Bertz CT molecular complexity index is 910. The highest BCUT2D eigenvalue weighted by atomic mass is 32.2. The number of carboxylic acid groups (broad SMARTS) is 1. The zero-order chi connectivity index (χ0) is 20.4. The molecule has 0 spiro atoms. The van der Waals surface area contributed by atoms with Gasteiger partial charge in [-0.3, -0.25) is 29.6 Å². The number of nitro benzene ring substituents is 1. The van der Waals surface area contributed by atoms with Gasteiger partial charge in [-0.05, 0) is 17.7 Å². The second-order valence-electron chi connectivity index (χ2n) is 6.02. The minimum Gasteiger partial charge on any atom is -0.477 e. The number of aliphatic imine (C=N–C) groups is 1. The van der Waals surface area contributed by atoms with Crippen molar-refractivity contribution >= 4 is 41.5 Å². The van der Waals surface area contributed by atoms with E-state index in [-0.39, 0.29) is 18.0 Å². The maximum Gasteiger partial charge on any atom is 0.352 e. The number of amides is 1. The highest BCUT2D eigenvalue weighted by Gasteiger charge is 2.53. The number of rotatable bonds is 6. The Balaban J connectivity index is 1.75. The molecule has 3 rings (SSSR count). The maximum absolute atomic E-state index is 12.5. The monoisotopic (exact) mass is 405 g/mol. The third kappa shape index (κ3) is 3.74. The molecular weight excluding hydrogens is 390 g/mol. The van der Waals surface area contributed by atoms with Crippen molar-refractivity contribution in [1.82, 2.24) is 4.90 Å². The molecule has 11 heteroatoms. The predicted octanol–water partition coefficient (Wildman–Crippen LogP) is 1.20. The predicted molar refractivity (Wildman–Crippen MR) is 98.9 cm³/mol. The topological polar surface area (TPSA) is 139 Å². The number of non-ortho nitro benzene ring substituents is 1. The maximum atomic E-state index is 12.5. The van der Waals surface area contributed by atoms with Gasteiger partial charge in [-0.2, -0.15) is 0 Å². The first-order valence-corrected chi connectivity index (χ1v) is 9.15. The van der Waals surface area contributed by atoms with Gasteiger partial charge < -0.3 is 9.84 Å². The van der Waals surface area contributed by atoms with Crippen LogP contribution in [0.4, 0.5) is 5.69 Å². The largest absolute Gasteiger partial charge is 0.477 e. The molecule has 0 unspecified atom stereocenters. The molecule has 146 valence electrons. The van der Waals surface area contributed by atoms with Crippen LogP contribution in [0.15, 0.2) is 40.5 Å². The molecule has 1 amide bonds. The van der Waals surface area contributed by atoms with E-state index in [1.807, 2.05) is 0 Å². The van der Waals surface area contributed by atoms with Crippen LogP contribution >= 0.6 is 11.8 Å². The van der Waals surface area contributed by atoms with Crippen molar-refractivity contribution < 1.29 is 29.2 Å². The summed E-state index contributed by atoms with van der Waals surface area (Å²) in [6, 6.07) is 4.94. The number of esters is 1. The summed E-state index contributed by atoms with van der Waals surface area (Å²) in [7, 11) is 0. The lowest BCUT2D eigenvalue weighted by atomic mass is 10.0. The van der Waals surface area contributed by atoms with Crippen LogP contribution in [0.25, 0.3) is 0 Å². The number of carbonyl (C=O) groups excluding carboxylic acids is 2. The summed E-state index contributed by atoms with van der Waals surface area (Å²) in [4.78, 5) is 50.6. The minimum atomic E-state index is -1.27. The average molecular weight is 405 g/mol. The summed E-state index contributed by atoms with van der Waals surface area (Å²) in [5, 5.41) is 19.7. The van der Waals surface area contributed by atoms with Gasteiger partial charge in [-0.15, -0.1) is 11.8 Å². The highest BCUT2D eigenvalue weighted by Crippen LogP contribution is 2.41. The molecular formula is C17H15N3O7S. The smallest absolute Gasteiger partial charge is 0.352 e. The van der Waals surface area contributed by atoms with E-state index in [0.29, 0.717) is 16.9 Å². The minimum absolute atomic E-state index is 0.0533. The second-order valence-corrected chi connectivity index (χ2v) is 7.12. The van der Waals surface area contributed by atoms with Gasteiger partial charge in [0.15, 0.2) is 6.04 Å². The van der Waals surface area contributed by atoms with Crippen LogP contribution in [0.1, 0.15) is 12.5 Å². The lowest BCUT2D eigenvalue weighted by Gasteiger charge is -2.47. The van der Waals surface area contributed by atoms with Crippen LogP contribution < -0.4 is 0 Å². The fourth-order valence-corrected chi connectivity index (χ4v) is 4.13. The molecule has 0 saturated carbocycles. The lowest BCUT2D eigenvalue weighted by Crippen LogP contribution is -2.64. The lowest BCUT2D eigenvalue weighted by molar-refractivity contribution is -0.384. The Kier molecular flexibility index (Phi) is 5.45. The molecule has 1 aromatic rings. The number of nitrogens with zero attached hydrogens (tertiary/aromatic N) is 3. The van der Waals surface area contributed by atoms with E-state index in [1.165, 1.54) is 49.2 Å². The quantitative estimate of drug-likeness (QED) is 0.245. The van der Waals surface area contributed by atoms with E-state index in [1.54, 1.807) is 0 Å². The van der Waals surface area contributed by atoms with E-state index in [0.717, 1.165) is 4.90 Å². The Labute approximate surface area is 163 Å². The summed E-state index contributed by atoms with van der Waals surface area (Å²) in [5.74, 6) is -1.97. The van der Waals surface area contributed by atoms with Gasteiger partial charge in [0.2, 0.25) is 0 Å². The van der Waals surface area contributed by atoms with E-state index < -0.39 is 34.2 Å². The van der Waals surface area contributed by atoms with Crippen LogP contribution in [0.3, 0.4) is 0 Å². The molecule has 1 saturated heterocycles. The zero-order valence-corrected chi connectivity index (χ0v) is 15.4. The SMILES string of the molecule is CC(=O)OCC1=C(C(=O)O)N2C(=O)[C@@H](N=Cc3ccc([N+](=O)[O-])cc3)[C@H]2SC1. The number of fused-ring (bicyclic) bond motifs is 1. The van der Waals surface area contributed by atoms with E-state index in [4.69, 9.17) is 4.74 Å². The third-order valence-electron chi connectivity index (χ3n) is 4.16. The summed E-state index contributed by atoms with van der Waals surface area (Å²) < 4.78 is 4.87. The molecule has 2 aliphatic rings. The summed E-state index contributed by atoms with van der Waals surface area (Å²) in [6.45, 7) is 1.04. The number of aliphatic carboxylic acids is 1. The molecule has 1 N–H and O–H groups in total. The van der Waals surface area contributed by atoms with Crippen molar-refractivity contribution in [2.24, 2.45) is 4.99 Å². The number of thioether (sulfide) groups is 1. The Hall–Kier alpha value is -3.21. The van der Waals surface area contributed by atoms with Gasteiger partial charge >= 0.3 is 11.9 Å². The van der Waals surface area contributed by atoms with Crippen LogP contribution in [0, 0.1) is 10.1 Å². The molecule has 0 bridgehead atoms. The Morgan fingerprint density at radius 2 is 2.11 bits per heavy atom. The highest BCUT2D eigenvalue weighted by molar-refractivity contribution is 8.00. The molecule has 2 heterocycles. The molecule has 2 aliphatic heterocycles. The molecule has 10 nitrogen and oxygen atoms in total. The number of carbonyl (C=O) groups is 3. The van der Waals surface area contributed by atoms with Crippen molar-refractivity contribution in [3.05, 3.63) is 51.2 Å². The van der Waals surface area contributed by atoms with Crippen molar-refractivity contribution in [3.63, 3.8) is 0 Å². The van der Waals surface area contributed by atoms with Crippen LogP contribution in [0.5, 0.6) is 0 Å². The number of ether oxygens (including phenoxy) is 1. The molecule has 0 radical (unpaired) electrons. The number of benzene rings is 1. The zero-order valence-electron chi connectivity index (χ0n) is 14.6. The van der Waals surface area contributed by atoms with Crippen molar-refractivity contribution in [2.75, 3.05) is 12.4 Å². The van der Waals surface area contributed by atoms with Crippen molar-refractivity contribution in [1.29, 1.82) is 0 Å². The van der Waals surface area contributed by atoms with Gasteiger partial charge in [-0.25, -0.2) is 4.79 Å². The van der Waals surface area contributed by atoms with Gasteiger partial charge in [0.05, 0.1) is 4.92 Å². The first-order chi connectivity index (χ1) is 13.3. The molecule has 1 fully saturated rings. The fourth-order valence-electron chi connectivity index (χ4n) is 2.82. The van der Waals surface area contributed by atoms with E-state index in [9.17, 15) is 29.6 Å². The van der Waals surface area contributed by atoms with Gasteiger partial charge in [-0.1, -0.05) is 0 Å². The fraction of sp³-hybridized carbons (Fsp3) is 0.294. The number of hydrogen-bond acceptors (Lipinski definition) is 8. The molecule has 2 atom stereocenters. The summed E-state index contributed by atoms with van der Waals surface area (Å²) in [6.07, 6.45) is 1.43. The van der Waals surface area contributed by atoms with Gasteiger partial charge in [0.1, 0.15) is 17.7 Å². The normalized spacial score (nSPS) is 21.3. The Morgan fingerprint density at radius 3 is 2.68 bits per heavy atom. The number of hydrogen-bond donors (Lipinski definition) is 1. The summed E-state index contributed by atoms with van der Waals surface area (Å²) in [5.41, 5.74) is 0.719. The standard InChI is InChI=1S/C17H15N3O7S/c1-9(21)27-7-11-8-28-16-13(15(22)19(16)14(11)17(23)24)18-6-10-2-4-12(5-3-10)20(25)26/h2-6,13,16H,7-8H2,1H3,(H,23,24)/t13-,16-/m1/s1. The van der Waals surface area contributed by atoms with Gasteiger partial charge in [0.25, 0.3) is 11.6 Å². The number of nitro groups is 1. The third-order valence-corrected chi connectivity index (χ3v) is 5.48. The Morgan fingerprint density at radius 1 is 1.43 bits per heavy atom. The van der Waals surface area contributed by atoms with Crippen LogP contribution in [-0.4, -0.2) is 62.8 Å². The van der Waals surface area contributed by atoms with E-state index >= 15 is 0 Å². The van der Waals surface area contributed by atoms with E-state index in [2.05, 4.69) is 4.99 Å². The average Bonchev–Trinajstić information content (AvgIpc) is 2.65. The first-order valence-electron chi connectivity index (χ1n) is 8.10. The van der Waals surface area contributed by atoms with Crippen LogP contribution in [-0.2, 0) is 19.1 Å². The molecule has 0 aliphatic carbocycles. The number of β-lactam (4-membered cyclic amide) rings is 1. The molecule has 1 aromatic carbocycles. The van der Waals surface area contributed by atoms with Crippen LogP contribution in [0.2, 0.25) is 0 Å². The molecule has 28 heavy (non-hydrogen) atoms.